The van der Waals surface area contributed by atoms with Crippen LogP contribution in [0.5, 0.6) is 0 Å². The largest absolute Gasteiger partial charge is 0.374 e. The van der Waals surface area contributed by atoms with Crippen LogP contribution in [0.2, 0.25) is 0 Å². The molecule has 3 rings (SSSR count). The summed E-state index contributed by atoms with van der Waals surface area (Å²) in [5.74, 6) is -1.92. The Hall–Kier alpha value is -2.98. The lowest BCUT2D eigenvalue weighted by Gasteiger charge is -2.24. The number of carbonyl (C=O) groups excluding carboxylic acids is 2. The monoisotopic (exact) mass is 480 g/mol. The van der Waals surface area contributed by atoms with Crippen molar-refractivity contribution in [2.75, 3.05) is 13.6 Å². The molecule has 0 saturated heterocycles. The van der Waals surface area contributed by atoms with Gasteiger partial charge >= 0.3 is 12.0 Å². The molecule has 1 heterocycles. The summed E-state index contributed by atoms with van der Waals surface area (Å²) >= 11 is 1.13. The fourth-order valence-corrected chi connectivity index (χ4v) is 3.74. The van der Waals surface area contributed by atoms with Gasteiger partial charge in [-0.15, -0.1) is 0 Å². The minimum Gasteiger partial charge on any atom is -0.337 e. The van der Waals surface area contributed by atoms with E-state index in [2.05, 4.69) is 5.10 Å². The molecule has 0 bridgehead atoms. The molecule has 2 aromatic rings. The van der Waals surface area contributed by atoms with Gasteiger partial charge in [0.25, 0.3) is 0 Å². The van der Waals surface area contributed by atoms with Crippen molar-refractivity contribution in [2.45, 2.75) is 39.0 Å². The molecule has 2 N–H and O–H groups in total. The molecule has 1 aliphatic heterocycles. The Kier molecular flexibility index (Phi) is 12.7. The van der Waals surface area contributed by atoms with E-state index in [1.165, 1.54) is 7.05 Å². The van der Waals surface area contributed by atoms with Crippen molar-refractivity contribution < 1.29 is 23.2 Å². The predicted molar refractivity (Wildman–Crippen MR) is 127 cm³/mol. The highest BCUT2D eigenvalue weighted by atomic mass is 32.2. The fourth-order valence-electron chi connectivity index (χ4n) is 2.54. The van der Waals surface area contributed by atoms with Crippen molar-refractivity contribution >= 4 is 28.8 Å². The van der Waals surface area contributed by atoms with E-state index in [0.29, 0.717) is 19.4 Å². The zero-order valence-electron chi connectivity index (χ0n) is 19.2. The lowest BCUT2D eigenvalue weighted by Crippen LogP contribution is -2.41. The lowest BCUT2D eigenvalue weighted by atomic mass is 10.2. The quantitative estimate of drug-likeness (QED) is 0.624. The van der Waals surface area contributed by atoms with Crippen LogP contribution in [-0.2, 0) is 9.63 Å². The van der Waals surface area contributed by atoms with Gasteiger partial charge in [-0.25, -0.2) is 13.6 Å². The SMILES string of the molecule is CC.CC(=O)ON(C)C(=O)N1N=C(c2cc(F)ccc2F)SC1CCCN.c1ccccc1. The van der Waals surface area contributed by atoms with Crippen molar-refractivity contribution in [3.63, 3.8) is 0 Å². The Morgan fingerprint density at radius 2 is 1.73 bits per heavy atom. The number of nitrogens with zero attached hydrogens (tertiary/aromatic N) is 3. The molecule has 180 valence electrons. The highest BCUT2D eigenvalue weighted by molar-refractivity contribution is 8.15. The second-order valence-electron chi connectivity index (χ2n) is 6.39. The summed E-state index contributed by atoms with van der Waals surface area (Å²) in [6.07, 6.45) is 1.10. The van der Waals surface area contributed by atoms with E-state index in [1.807, 2.05) is 50.2 Å². The molecule has 0 saturated carbocycles. The van der Waals surface area contributed by atoms with Crippen LogP contribution in [-0.4, -0.2) is 46.1 Å². The van der Waals surface area contributed by atoms with Crippen LogP contribution in [0.25, 0.3) is 0 Å². The average molecular weight is 481 g/mol. The van der Waals surface area contributed by atoms with E-state index >= 15 is 0 Å². The molecule has 0 radical (unpaired) electrons. The molecular formula is C23H30F2N4O3S. The molecule has 1 aliphatic rings. The first kappa shape index (κ1) is 28.1. The van der Waals surface area contributed by atoms with Gasteiger partial charge in [-0.05, 0) is 37.6 Å². The average Bonchev–Trinajstić information content (AvgIpc) is 3.25. The smallest absolute Gasteiger partial charge is 0.337 e. The zero-order valence-corrected chi connectivity index (χ0v) is 20.0. The molecule has 10 heteroatoms. The summed E-state index contributed by atoms with van der Waals surface area (Å²) in [4.78, 5) is 28.2. The molecule has 1 atom stereocenters. The molecule has 7 nitrogen and oxygen atoms in total. The number of nitrogens with two attached hydrogens (primary N) is 1. The first-order valence-corrected chi connectivity index (χ1v) is 11.4. The maximum atomic E-state index is 14.0. The van der Waals surface area contributed by atoms with E-state index in [9.17, 15) is 18.4 Å². The summed E-state index contributed by atoms with van der Waals surface area (Å²) in [5, 5.41) is 5.64. The number of hydrogen-bond donors (Lipinski definition) is 1. The molecule has 0 aromatic heterocycles. The summed E-state index contributed by atoms with van der Waals surface area (Å²) < 4.78 is 27.4. The van der Waals surface area contributed by atoms with Gasteiger partial charge in [0.05, 0.1) is 7.05 Å². The van der Waals surface area contributed by atoms with Crippen molar-refractivity contribution in [1.82, 2.24) is 10.1 Å². The number of thioether (sulfide) groups is 1. The van der Waals surface area contributed by atoms with Crippen molar-refractivity contribution in [3.05, 3.63) is 71.8 Å². The highest BCUT2D eigenvalue weighted by Gasteiger charge is 2.35. The number of rotatable bonds is 4. The number of urea groups is 1. The van der Waals surface area contributed by atoms with E-state index in [-0.39, 0.29) is 10.6 Å². The van der Waals surface area contributed by atoms with E-state index < -0.39 is 29.0 Å². The first-order valence-electron chi connectivity index (χ1n) is 10.5. The number of halogens is 2. The Balaban J connectivity index is 0.000000578. The maximum absolute atomic E-state index is 14.0. The molecule has 33 heavy (non-hydrogen) atoms. The third kappa shape index (κ3) is 9.19. The normalized spacial score (nSPS) is 14.2. The van der Waals surface area contributed by atoms with E-state index in [1.54, 1.807) is 0 Å². The van der Waals surface area contributed by atoms with Gasteiger partial charge in [-0.2, -0.15) is 15.2 Å². The zero-order chi connectivity index (χ0) is 24.8. The second-order valence-corrected chi connectivity index (χ2v) is 7.56. The molecule has 0 fully saturated rings. The van der Waals surface area contributed by atoms with Crippen LogP contribution in [0.15, 0.2) is 59.7 Å². The molecule has 0 spiro atoms. The Morgan fingerprint density at radius 3 is 2.24 bits per heavy atom. The van der Waals surface area contributed by atoms with Crippen LogP contribution in [0, 0.1) is 11.6 Å². The third-order valence-electron chi connectivity index (χ3n) is 3.93. The van der Waals surface area contributed by atoms with Crippen LogP contribution in [0.3, 0.4) is 0 Å². The first-order chi connectivity index (χ1) is 15.8. The lowest BCUT2D eigenvalue weighted by molar-refractivity contribution is -0.171. The minimum atomic E-state index is -0.698. The Bertz CT molecular complexity index is 889. The van der Waals surface area contributed by atoms with Gasteiger partial charge in [0.2, 0.25) is 0 Å². The van der Waals surface area contributed by atoms with Crippen molar-refractivity contribution in [1.29, 1.82) is 0 Å². The minimum absolute atomic E-state index is 0.0341. The summed E-state index contributed by atoms with van der Waals surface area (Å²) in [6.45, 7) is 5.56. The number of hydrogen-bond acceptors (Lipinski definition) is 6. The Morgan fingerprint density at radius 1 is 1.15 bits per heavy atom. The van der Waals surface area contributed by atoms with E-state index in [4.69, 9.17) is 10.6 Å². The standard InChI is InChI=1S/C15H18F2N4O3S.C6H6.C2H6/c1-9(22)24-20(2)15(23)21-13(4-3-7-18)25-14(19-21)11-8-10(16)5-6-12(11)17;1-2-4-6-5-3-1;1-2/h5-6,8,13H,3-4,7,18H2,1-2H3;1-6H;1-2H3. The number of benzene rings is 2. The molecule has 1 unspecified atom stereocenters. The van der Waals surface area contributed by atoms with Crippen molar-refractivity contribution in [3.8, 4) is 0 Å². The molecule has 0 aliphatic carbocycles. The van der Waals surface area contributed by atoms with Crippen LogP contribution < -0.4 is 5.73 Å². The maximum Gasteiger partial charge on any atom is 0.374 e. The second kappa shape index (κ2) is 15.0. The summed E-state index contributed by atoms with van der Waals surface area (Å²) in [6, 6.07) is 14.3. The van der Waals surface area contributed by atoms with Gasteiger partial charge in [-0.1, -0.05) is 62.0 Å². The van der Waals surface area contributed by atoms with Gasteiger partial charge in [0, 0.05) is 12.5 Å². The summed E-state index contributed by atoms with van der Waals surface area (Å²) in [5.41, 5.74) is 5.47. The number of carbonyl (C=O) groups is 2. The topological polar surface area (TPSA) is 88.2 Å². The Labute approximate surface area is 197 Å². The van der Waals surface area contributed by atoms with Gasteiger partial charge in [0.1, 0.15) is 22.1 Å². The summed E-state index contributed by atoms with van der Waals surface area (Å²) in [7, 11) is 1.27. The number of hydroxylamine groups is 2. The fraction of sp³-hybridized carbons (Fsp3) is 0.348. The molecule has 2 amide bonds. The van der Waals surface area contributed by atoms with E-state index in [0.717, 1.165) is 47.0 Å². The number of amides is 2. The number of hydrazone groups is 1. The van der Waals surface area contributed by atoms with Gasteiger partial charge in [0.15, 0.2) is 0 Å². The van der Waals surface area contributed by atoms with Crippen LogP contribution in [0.4, 0.5) is 13.6 Å². The third-order valence-corrected chi connectivity index (χ3v) is 5.16. The highest BCUT2D eigenvalue weighted by Crippen LogP contribution is 2.34. The van der Waals surface area contributed by atoms with Gasteiger partial charge < -0.3 is 10.6 Å². The van der Waals surface area contributed by atoms with Crippen molar-refractivity contribution in [2.24, 2.45) is 10.8 Å². The van der Waals surface area contributed by atoms with Crippen LogP contribution in [0.1, 0.15) is 39.2 Å². The van der Waals surface area contributed by atoms with Crippen LogP contribution >= 0.6 is 11.8 Å². The molecular weight excluding hydrogens is 450 g/mol. The predicted octanol–water partition coefficient (Wildman–Crippen LogP) is 4.98. The molecule has 2 aromatic carbocycles. The van der Waals surface area contributed by atoms with Gasteiger partial charge in [-0.3, -0.25) is 4.79 Å².